The Balaban J connectivity index is 3.60. The fraction of sp³-hybridized carbons (Fsp3) is 0.833. The number of hydrogen-bond donors (Lipinski definition) is 2. The summed E-state index contributed by atoms with van der Waals surface area (Å²) in [7, 11) is 0. The molecule has 100 valence electrons. The van der Waals surface area contributed by atoms with Gasteiger partial charge >= 0.3 is 5.97 Å². The van der Waals surface area contributed by atoms with E-state index in [9.17, 15) is 9.59 Å². The van der Waals surface area contributed by atoms with E-state index in [4.69, 9.17) is 10.5 Å². The van der Waals surface area contributed by atoms with Crippen molar-refractivity contribution < 1.29 is 14.3 Å². The number of rotatable bonds is 8. The van der Waals surface area contributed by atoms with Gasteiger partial charge in [0.15, 0.2) is 0 Å². The van der Waals surface area contributed by atoms with Gasteiger partial charge in [-0.3, -0.25) is 9.59 Å². The second kappa shape index (κ2) is 8.98. The number of hydrogen-bond acceptors (Lipinski definition) is 4. The summed E-state index contributed by atoms with van der Waals surface area (Å²) >= 11 is 0. The molecule has 0 fully saturated rings. The molecule has 0 aromatic heterocycles. The zero-order chi connectivity index (χ0) is 13.3. The average molecular weight is 244 g/mol. The maximum absolute atomic E-state index is 11.5. The van der Waals surface area contributed by atoms with Crippen LogP contribution in [0, 0.1) is 5.92 Å². The highest BCUT2D eigenvalue weighted by Crippen LogP contribution is 2.02. The molecule has 1 amide bonds. The SMILES string of the molecule is CCOC(=O)CCCNC(=O)[C@@H](N)CC(C)C. The van der Waals surface area contributed by atoms with E-state index in [1.165, 1.54) is 0 Å². The van der Waals surface area contributed by atoms with Gasteiger partial charge < -0.3 is 15.8 Å². The fourth-order valence-electron chi connectivity index (χ4n) is 1.42. The smallest absolute Gasteiger partial charge is 0.305 e. The van der Waals surface area contributed by atoms with Crippen LogP contribution in [0.15, 0.2) is 0 Å². The van der Waals surface area contributed by atoms with Crippen LogP contribution in [0.3, 0.4) is 0 Å². The molecule has 0 aliphatic rings. The highest BCUT2D eigenvalue weighted by molar-refractivity contribution is 5.81. The zero-order valence-corrected chi connectivity index (χ0v) is 11.0. The molecule has 0 saturated carbocycles. The lowest BCUT2D eigenvalue weighted by Gasteiger charge is -2.13. The zero-order valence-electron chi connectivity index (χ0n) is 11.0. The molecule has 0 unspecified atom stereocenters. The number of nitrogens with one attached hydrogen (secondary N) is 1. The normalized spacial score (nSPS) is 12.3. The van der Waals surface area contributed by atoms with Crippen LogP contribution in [0.1, 0.15) is 40.0 Å². The van der Waals surface area contributed by atoms with E-state index in [2.05, 4.69) is 5.32 Å². The summed E-state index contributed by atoms with van der Waals surface area (Å²) in [5.74, 6) is 0.0195. The Morgan fingerprint density at radius 3 is 2.53 bits per heavy atom. The highest BCUT2D eigenvalue weighted by Gasteiger charge is 2.14. The first-order chi connectivity index (χ1) is 7.97. The molecule has 5 nitrogen and oxygen atoms in total. The lowest BCUT2D eigenvalue weighted by atomic mass is 10.0. The van der Waals surface area contributed by atoms with Gasteiger partial charge in [-0.2, -0.15) is 0 Å². The molecule has 0 saturated heterocycles. The number of nitrogens with two attached hydrogens (primary N) is 1. The molecular weight excluding hydrogens is 220 g/mol. The number of ether oxygens (including phenoxy) is 1. The standard InChI is InChI=1S/C12H24N2O3/c1-4-17-11(15)6-5-7-14-12(16)10(13)8-9(2)3/h9-10H,4-8,13H2,1-3H3,(H,14,16)/t10-/m0/s1. The topological polar surface area (TPSA) is 81.4 Å². The Labute approximate surface area is 103 Å². The fourth-order valence-corrected chi connectivity index (χ4v) is 1.42. The second-order valence-electron chi connectivity index (χ2n) is 4.44. The highest BCUT2D eigenvalue weighted by atomic mass is 16.5. The third kappa shape index (κ3) is 8.68. The van der Waals surface area contributed by atoms with Crippen molar-refractivity contribution >= 4 is 11.9 Å². The van der Waals surface area contributed by atoms with Gasteiger partial charge in [-0.15, -0.1) is 0 Å². The van der Waals surface area contributed by atoms with E-state index in [0.717, 1.165) is 0 Å². The van der Waals surface area contributed by atoms with Gasteiger partial charge in [-0.05, 0) is 25.7 Å². The molecular formula is C12H24N2O3. The molecule has 0 heterocycles. The predicted molar refractivity (Wildman–Crippen MR) is 66.3 cm³/mol. The third-order valence-corrected chi connectivity index (χ3v) is 2.22. The molecule has 0 aliphatic carbocycles. The summed E-state index contributed by atoms with van der Waals surface area (Å²) < 4.78 is 4.77. The first kappa shape index (κ1) is 15.9. The van der Waals surface area contributed by atoms with Crippen molar-refractivity contribution in [2.45, 2.75) is 46.1 Å². The van der Waals surface area contributed by atoms with Crippen LogP contribution in [0.5, 0.6) is 0 Å². The largest absolute Gasteiger partial charge is 0.466 e. The van der Waals surface area contributed by atoms with Gasteiger partial charge in [0, 0.05) is 13.0 Å². The second-order valence-corrected chi connectivity index (χ2v) is 4.44. The van der Waals surface area contributed by atoms with Crippen molar-refractivity contribution in [2.24, 2.45) is 11.7 Å². The van der Waals surface area contributed by atoms with Gasteiger partial charge in [0.25, 0.3) is 0 Å². The quantitative estimate of drug-likeness (QED) is 0.489. The monoisotopic (exact) mass is 244 g/mol. The summed E-state index contributed by atoms with van der Waals surface area (Å²) in [5, 5.41) is 2.71. The van der Waals surface area contributed by atoms with E-state index in [1.54, 1.807) is 6.92 Å². The summed E-state index contributed by atoms with van der Waals surface area (Å²) in [6, 6.07) is -0.461. The van der Waals surface area contributed by atoms with E-state index in [-0.39, 0.29) is 11.9 Å². The molecule has 0 radical (unpaired) electrons. The van der Waals surface area contributed by atoms with E-state index in [1.807, 2.05) is 13.8 Å². The van der Waals surface area contributed by atoms with Crippen molar-refractivity contribution in [1.82, 2.24) is 5.32 Å². The Morgan fingerprint density at radius 2 is 2.00 bits per heavy atom. The van der Waals surface area contributed by atoms with Gasteiger partial charge in [-0.25, -0.2) is 0 Å². The molecule has 3 N–H and O–H groups in total. The molecule has 0 aliphatic heterocycles. The summed E-state index contributed by atoms with van der Waals surface area (Å²) in [5.41, 5.74) is 5.70. The van der Waals surface area contributed by atoms with Crippen LogP contribution in [-0.2, 0) is 14.3 Å². The number of amides is 1. The number of carbonyl (C=O) groups is 2. The van der Waals surface area contributed by atoms with Crippen LogP contribution < -0.4 is 11.1 Å². The van der Waals surface area contributed by atoms with Crippen LogP contribution in [0.4, 0.5) is 0 Å². The first-order valence-electron chi connectivity index (χ1n) is 6.16. The molecule has 0 aromatic rings. The molecule has 0 bridgehead atoms. The van der Waals surface area contributed by atoms with Crippen molar-refractivity contribution in [3.8, 4) is 0 Å². The van der Waals surface area contributed by atoms with Crippen molar-refractivity contribution in [3.05, 3.63) is 0 Å². The van der Waals surface area contributed by atoms with Crippen molar-refractivity contribution in [2.75, 3.05) is 13.2 Å². The van der Waals surface area contributed by atoms with Crippen molar-refractivity contribution in [3.63, 3.8) is 0 Å². The molecule has 0 aromatic carbocycles. The lowest BCUT2D eigenvalue weighted by Crippen LogP contribution is -2.41. The molecule has 17 heavy (non-hydrogen) atoms. The summed E-state index contributed by atoms with van der Waals surface area (Å²) in [4.78, 5) is 22.5. The Kier molecular flexibility index (Phi) is 8.40. The maximum atomic E-state index is 11.5. The third-order valence-electron chi connectivity index (χ3n) is 2.22. The van der Waals surface area contributed by atoms with Crippen LogP contribution >= 0.6 is 0 Å². The average Bonchev–Trinajstić information content (AvgIpc) is 2.23. The number of carbonyl (C=O) groups excluding carboxylic acids is 2. The van der Waals surface area contributed by atoms with E-state index in [0.29, 0.717) is 38.3 Å². The molecule has 1 atom stereocenters. The van der Waals surface area contributed by atoms with Crippen molar-refractivity contribution in [1.29, 1.82) is 0 Å². The van der Waals surface area contributed by atoms with Crippen LogP contribution in [0.25, 0.3) is 0 Å². The minimum atomic E-state index is -0.461. The van der Waals surface area contributed by atoms with Gasteiger partial charge in [0.05, 0.1) is 12.6 Å². The molecule has 0 spiro atoms. The Bertz CT molecular complexity index is 242. The van der Waals surface area contributed by atoms with Gasteiger partial charge in [0.1, 0.15) is 0 Å². The Hall–Kier alpha value is -1.10. The van der Waals surface area contributed by atoms with Gasteiger partial charge in [0.2, 0.25) is 5.91 Å². The summed E-state index contributed by atoms with van der Waals surface area (Å²) in [6.45, 7) is 6.67. The Morgan fingerprint density at radius 1 is 1.35 bits per heavy atom. The maximum Gasteiger partial charge on any atom is 0.305 e. The number of esters is 1. The first-order valence-corrected chi connectivity index (χ1v) is 6.16. The van der Waals surface area contributed by atoms with Gasteiger partial charge in [-0.1, -0.05) is 13.8 Å². The summed E-state index contributed by atoms with van der Waals surface area (Å²) in [6.07, 6.45) is 1.58. The lowest BCUT2D eigenvalue weighted by molar-refractivity contribution is -0.143. The predicted octanol–water partition coefficient (Wildman–Crippen LogP) is 0.819. The molecule has 5 heteroatoms. The minimum Gasteiger partial charge on any atom is -0.466 e. The van der Waals surface area contributed by atoms with E-state index < -0.39 is 6.04 Å². The minimum absolute atomic E-state index is 0.150. The van der Waals surface area contributed by atoms with Crippen LogP contribution in [0.2, 0.25) is 0 Å². The van der Waals surface area contributed by atoms with Crippen LogP contribution in [-0.4, -0.2) is 31.1 Å². The molecule has 0 rings (SSSR count). The van der Waals surface area contributed by atoms with E-state index >= 15 is 0 Å².